The first-order chi connectivity index (χ1) is 9.15. The van der Waals surface area contributed by atoms with E-state index in [1.807, 2.05) is 0 Å². The summed E-state index contributed by atoms with van der Waals surface area (Å²) < 4.78 is 36.0. The molecular weight excluding hydrogens is 313 g/mol. The average molecular weight is 322 g/mol. The van der Waals surface area contributed by atoms with Crippen LogP contribution in [0.3, 0.4) is 0 Å². The number of hydrogen-bond acceptors (Lipinski definition) is 5. The molecule has 0 aromatic carbocycles. The molecule has 1 N–H and O–H groups in total. The highest BCUT2D eigenvalue weighted by atomic mass is 32.2. The molecule has 0 radical (unpaired) electrons. The SMILES string of the molecule is CC(=O)c1sccc1N=C1NC(=O)C(C)(C(F)(F)F)S1. The van der Waals surface area contributed by atoms with Crippen molar-refractivity contribution in [3.05, 3.63) is 16.3 Å². The highest BCUT2D eigenvalue weighted by Crippen LogP contribution is 2.45. The van der Waals surface area contributed by atoms with Crippen LogP contribution in [0.25, 0.3) is 0 Å². The molecule has 4 nitrogen and oxygen atoms in total. The Labute approximate surface area is 120 Å². The molecule has 0 saturated carbocycles. The molecule has 0 aliphatic carbocycles. The van der Waals surface area contributed by atoms with Gasteiger partial charge in [0.2, 0.25) is 0 Å². The van der Waals surface area contributed by atoms with E-state index in [0.717, 1.165) is 18.3 Å². The van der Waals surface area contributed by atoms with Gasteiger partial charge in [0.15, 0.2) is 15.7 Å². The zero-order chi connectivity index (χ0) is 15.1. The van der Waals surface area contributed by atoms with Crippen LogP contribution in [0.5, 0.6) is 0 Å². The predicted molar refractivity (Wildman–Crippen MR) is 71.6 cm³/mol. The summed E-state index contributed by atoms with van der Waals surface area (Å²) in [7, 11) is 0. The third-order valence-corrected chi connectivity index (χ3v) is 4.90. The first kappa shape index (κ1) is 15.0. The van der Waals surface area contributed by atoms with Crippen LogP contribution in [0, 0.1) is 0 Å². The lowest BCUT2D eigenvalue weighted by atomic mass is 10.1. The number of amidine groups is 1. The van der Waals surface area contributed by atoms with Crippen LogP contribution in [0.2, 0.25) is 0 Å². The molecule has 20 heavy (non-hydrogen) atoms. The smallest absolute Gasteiger partial charge is 0.304 e. The molecule has 1 atom stereocenters. The van der Waals surface area contributed by atoms with Gasteiger partial charge < -0.3 is 5.32 Å². The van der Waals surface area contributed by atoms with Gasteiger partial charge in [-0.3, -0.25) is 9.59 Å². The van der Waals surface area contributed by atoms with E-state index in [4.69, 9.17) is 0 Å². The number of ketones is 1. The molecule has 9 heteroatoms. The van der Waals surface area contributed by atoms with Gasteiger partial charge in [-0.05, 0) is 18.4 Å². The highest BCUT2D eigenvalue weighted by molar-refractivity contribution is 8.16. The average Bonchev–Trinajstić information content (AvgIpc) is 2.85. The molecule has 1 fully saturated rings. The van der Waals surface area contributed by atoms with Crippen molar-refractivity contribution in [2.75, 3.05) is 0 Å². The number of nitrogens with zero attached hydrogens (tertiary/aromatic N) is 1. The van der Waals surface area contributed by atoms with Gasteiger partial charge in [0.05, 0.1) is 10.6 Å². The first-order valence-corrected chi connectivity index (χ1v) is 7.09. The van der Waals surface area contributed by atoms with Crippen molar-refractivity contribution in [1.82, 2.24) is 5.32 Å². The van der Waals surface area contributed by atoms with Gasteiger partial charge in [0.25, 0.3) is 5.91 Å². The maximum absolute atomic E-state index is 12.9. The van der Waals surface area contributed by atoms with Crippen molar-refractivity contribution in [3.63, 3.8) is 0 Å². The number of Topliss-reactive ketones (excluding diaryl/α,β-unsaturated/α-hetero) is 1. The molecule has 0 bridgehead atoms. The van der Waals surface area contributed by atoms with Crippen LogP contribution < -0.4 is 5.32 Å². The molecule has 0 spiro atoms. The zero-order valence-electron chi connectivity index (χ0n) is 10.4. The van der Waals surface area contributed by atoms with Gasteiger partial charge in [-0.15, -0.1) is 11.3 Å². The summed E-state index contributed by atoms with van der Waals surface area (Å²) in [6, 6.07) is 1.52. The summed E-state index contributed by atoms with van der Waals surface area (Å²) >= 11 is 1.45. The second-order valence-corrected chi connectivity index (χ2v) is 6.52. The molecule has 108 valence electrons. The fourth-order valence-electron chi connectivity index (χ4n) is 1.48. The highest BCUT2D eigenvalue weighted by Gasteiger charge is 2.61. The van der Waals surface area contributed by atoms with E-state index in [1.165, 1.54) is 13.0 Å². The van der Waals surface area contributed by atoms with E-state index in [0.29, 0.717) is 16.6 Å². The molecule has 1 aliphatic heterocycles. The molecular formula is C11H9F3N2O2S2. The number of amides is 1. The molecule has 2 rings (SSSR count). The third kappa shape index (κ3) is 2.47. The van der Waals surface area contributed by atoms with Gasteiger partial charge in [-0.2, -0.15) is 13.2 Å². The maximum Gasteiger partial charge on any atom is 0.412 e. The van der Waals surface area contributed by atoms with Crippen LogP contribution in [0.1, 0.15) is 23.5 Å². The Morgan fingerprint density at radius 2 is 2.10 bits per heavy atom. The monoisotopic (exact) mass is 322 g/mol. The Balaban J connectivity index is 2.33. The standard InChI is InChI=1S/C11H9F3N2O2S2/c1-5(17)7-6(3-4-19-7)15-9-16-8(18)10(2,20-9)11(12,13)14/h3-4H,1-2H3,(H,15,16,18). The zero-order valence-corrected chi connectivity index (χ0v) is 12.0. The second kappa shape index (κ2) is 4.88. The van der Waals surface area contributed by atoms with Gasteiger partial charge in [-0.25, -0.2) is 4.99 Å². The fraction of sp³-hybridized carbons (Fsp3) is 0.364. The lowest BCUT2D eigenvalue weighted by molar-refractivity contribution is -0.166. The molecule has 1 aliphatic rings. The minimum atomic E-state index is -4.68. The van der Waals surface area contributed by atoms with Gasteiger partial charge in [0, 0.05) is 6.92 Å². The third-order valence-electron chi connectivity index (χ3n) is 2.68. The first-order valence-electron chi connectivity index (χ1n) is 5.39. The Bertz CT molecular complexity index is 609. The molecule has 1 unspecified atom stereocenters. The molecule has 1 aromatic rings. The number of alkyl halides is 3. The van der Waals surface area contributed by atoms with Crippen LogP contribution in [-0.4, -0.2) is 27.8 Å². The Morgan fingerprint density at radius 1 is 1.45 bits per heavy atom. The van der Waals surface area contributed by atoms with E-state index in [-0.39, 0.29) is 16.6 Å². The summed E-state index contributed by atoms with van der Waals surface area (Å²) in [4.78, 5) is 27.1. The summed E-state index contributed by atoms with van der Waals surface area (Å²) in [5.74, 6) is -1.39. The second-order valence-electron chi connectivity index (χ2n) is 4.20. The topological polar surface area (TPSA) is 58.5 Å². The van der Waals surface area contributed by atoms with Crippen LogP contribution in [0.4, 0.5) is 18.9 Å². The summed E-state index contributed by atoms with van der Waals surface area (Å²) in [6.45, 7) is 2.14. The number of thiophene rings is 1. The molecule has 1 saturated heterocycles. The number of carbonyl (C=O) groups is 2. The lowest BCUT2D eigenvalue weighted by Gasteiger charge is -2.21. The fourth-order valence-corrected chi connectivity index (χ4v) is 3.15. The van der Waals surface area contributed by atoms with Crippen molar-refractivity contribution in [2.45, 2.75) is 24.8 Å². The van der Waals surface area contributed by atoms with E-state index >= 15 is 0 Å². The van der Waals surface area contributed by atoms with Crippen molar-refractivity contribution >= 4 is 45.6 Å². The Morgan fingerprint density at radius 3 is 2.60 bits per heavy atom. The molecule has 2 heterocycles. The largest absolute Gasteiger partial charge is 0.412 e. The number of nitrogens with one attached hydrogen (secondary N) is 1. The Kier molecular flexibility index (Phi) is 3.67. The number of aliphatic imine (C=N–C) groups is 1. The van der Waals surface area contributed by atoms with E-state index in [1.54, 1.807) is 5.38 Å². The van der Waals surface area contributed by atoms with Gasteiger partial charge in [-0.1, -0.05) is 11.8 Å². The minimum Gasteiger partial charge on any atom is -0.304 e. The molecule has 1 aromatic heterocycles. The van der Waals surface area contributed by atoms with Crippen molar-refractivity contribution < 1.29 is 22.8 Å². The number of rotatable bonds is 2. The van der Waals surface area contributed by atoms with E-state index < -0.39 is 16.8 Å². The van der Waals surface area contributed by atoms with Crippen LogP contribution in [0.15, 0.2) is 16.4 Å². The number of halogens is 3. The summed E-state index contributed by atoms with van der Waals surface area (Å²) in [6.07, 6.45) is -4.68. The predicted octanol–water partition coefficient (Wildman–Crippen LogP) is 3.12. The number of hydrogen-bond donors (Lipinski definition) is 1. The lowest BCUT2D eigenvalue weighted by Crippen LogP contribution is -2.46. The Hall–Kier alpha value is -1.35. The summed E-state index contributed by atoms with van der Waals surface area (Å²) in [5.41, 5.74) is 0.261. The summed E-state index contributed by atoms with van der Waals surface area (Å²) in [5, 5.41) is 3.56. The quantitative estimate of drug-likeness (QED) is 0.851. The number of carbonyl (C=O) groups excluding carboxylic acids is 2. The van der Waals surface area contributed by atoms with Crippen LogP contribution >= 0.6 is 23.1 Å². The normalized spacial score (nSPS) is 25.1. The van der Waals surface area contributed by atoms with Crippen molar-refractivity contribution in [3.8, 4) is 0 Å². The van der Waals surface area contributed by atoms with Crippen molar-refractivity contribution in [2.24, 2.45) is 4.99 Å². The molecule has 1 amide bonds. The van der Waals surface area contributed by atoms with Gasteiger partial charge >= 0.3 is 6.18 Å². The van der Waals surface area contributed by atoms with Gasteiger partial charge in [0.1, 0.15) is 0 Å². The minimum absolute atomic E-state index is 0.157. The maximum atomic E-state index is 12.9. The van der Waals surface area contributed by atoms with E-state index in [2.05, 4.69) is 10.3 Å². The van der Waals surface area contributed by atoms with Crippen molar-refractivity contribution in [1.29, 1.82) is 0 Å². The van der Waals surface area contributed by atoms with E-state index in [9.17, 15) is 22.8 Å². The van der Waals surface area contributed by atoms with Crippen LogP contribution in [-0.2, 0) is 4.79 Å². The number of thioether (sulfide) groups is 1.